The fourth-order valence-corrected chi connectivity index (χ4v) is 3.30. The Labute approximate surface area is 135 Å². The van der Waals surface area contributed by atoms with Crippen LogP contribution in [0.15, 0.2) is 91.0 Å². The van der Waals surface area contributed by atoms with E-state index >= 15 is 0 Å². The molecule has 0 saturated carbocycles. The van der Waals surface area contributed by atoms with E-state index in [9.17, 15) is 4.55 Å². The second-order valence-corrected chi connectivity index (χ2v) is 5.43. The first kappa shape index (κ1) is 14.9. The lowest BCUT2D eigenvalue weighted by atomic mass is 9.78. The zero-order chi connectivity index (χ0) is 15.3. The van der Waals surface area contributed by atoms with Crippen molar-refractivity contribution in [1.82, 2.24) is 4.72 Å². The van der Waals surface area contributed by atoms with Crippen LogP contribution in [0.2, 0.25) is 0 Å². The highest BCUT2D eigenvalue weighted by Crippen LogP contribution is 2.37. The average Bonchev–Trinajstić information content (AvgIpc) is 2.62. The maximum Gasteiger partial charge on any atom is 0.106 e. The van der Waals surface area contributed by atoms with E-state index in [4.69, 9.17) is 0 Å². The summed E-state index contributed by atoms with van der Waals surface area (Å²) in [4.78, 5) is 0. The van der Waals surface area contributed by atoms with Crippen LogP contribution in [-0.4, -0.2) is 4.55 Å². The molecule has 0 aliphatic carbocycles. The molecule has 3 rings (SSSR count). The zero-order valence-corrected chi connectivity index (χ0v) is 12.8. The van der Waals surface area contributed by atoms with Crippen LogP contribution in [0.3, 0.4) is 0 Å². The van der Waals surface area contributed by atoms with Crippen molar-refractivity contribution >= 4 is 12.2 Å². The summed E-state index contributed by atoms with van der Waals surface area (Å²) in [6.45, 7) is 0. The van der Waals surface area contributed by atoms with E-state index in [2.05, 4.69) is 41.1 Å². The van der Waals surface area contributed by atoms with Crippen LogP contribution in [0.1, 0.15) is 16.7 Å². The van der Waals surface area contributed by atoms with E-state index in [1.54, 1.807) is 0 Å². The van der Waals surface area contributed by atoms with Gasteiger partial charge in [-0.1, -0.05) is 91.0 Å². The predicted octanol–water partition coefficient (Wildman–Crippen LogP) is 4.69. The molecule has 0 aromatic heterocycles. The minimum atomic E-state index is -0.608. The normalized spacial score (nSPS) is 11.3. The Morgan fingerprint density at radius 2 is 0.909 bits per heavy atom. The molecule has 0 atom stereocenters. The van der Waals surface area contributed by atoms with Crippen molar-refractivity contribution in [3.63, 3.8) is 0 Å². The number of hydrogen-bond donors (Lipinski definition) is 2. The van der Waals surface area contributed by atoms with E-state index in [-0.39, 0.29) is 0 Å². The third kappa shape index (κ3) is 2.66. The Kier molecular flexibility index (Phi) is 4.59. The lowest BCUT2D eigenvalue weighted by molar-refractivity contribution is 0.564. The molecule has 0 radical (unpaired) electrons. The maximum atomic E-state index is 9.59. The Morgan fingerprint density at radius 1 is 0.591 bits per heavy atom. The van der Waals surface area contributed by atoms with E-state index in [1.165, 1.54) is 0 Å². The van der Waals surface area contributed by atoms with Crippen molar-refractivity contribution in [3.05, 3.63) is 108 Å². The minimum absolute atomic E-state index is 0.608. The minimum Gasteiger partial charge on any atom is -0.317 e. The molecule has 0 fully saturated rings. The summed E-state index contributed by atoms with van der Waals surface area (Å²) in [5, 5.41) is 0. The molecule has 0 spiro atoms. The second kappa shape index (κ2) is 6.79. The monoisotopic (exact) mass is 307 g/mol. The van der Waals surface area contributed by atoms with Gasteiger partial charge in [0.05, 0.1) is 12.2 Å². The molecule has 0 bridgehead atoms. The van der Waals surface area contributed by atoms with Gasteiger partial charge in [-0.15, -0.1) is 0 Å². The second-order valence-electron chi connectivity index (χ2n) is 5.04. The predicted molar refractivity (Wildman–Crippen MR) is 92.6 cm³/mol. The van der Waals surface area contributed by atoms with Crippen molar-refractivity contribution < 1.29 is 4.55 Å². The third-order valence-corrected chi connectivity index (χ3v) is 4.22. The topological polar surface area (TPSA) is 32.3 Å². The van der Waals surface area contributed by atoms with Crippen LogP contribution < -0.4 is 4.72 Å². The van der Waals surface area contributed by atoms with Gasteiger partial charge in [0.2, 0.25) is 0 Å². The molecular formula is C19H17NOS. The van der Waals surface area contributed by atoms with Gasteiger partial charge >= 0.3 is 0 Å². The van der Waals surface area contributed by atoms with Gasteiger partial charge in [-0.2, -0.15) is 0 Å². The van der Waals surface area contributed by atoms with E-state index in [1.807, 2.05) is 54.6 Å². The first-order valence-electron chi connectivity index (χ1n) is 7.12. The summed E-state index contributed by atoms with van der Waals surface area (Å²) in [6.07, 6.45) is 0. The van der Waals surface area contributed by atoms with Gasteiger partial charge in [-0.25, -0.2) is 4.72 Å². The molecule has 110 valence electrons. The van der Waals surface area contributed by atoms with Crippen LogP contribution >= 0.6 is 12.2 Å². The highest BCUT2D eigenvalue weighted by Gasteiger charge is 2.36. The summed E-state index contributed by atoms with van der Waals surface area (Å²) in [5.41, 5.74) is 2.63. The van der Waals surface area contributed by atoms with E-state index in [0.29, 0.717) is 12.2 Å². The molecule has 3 heteroatoms. The van der Waals surface area contributed by atoms with Gasteiger partial charge in [0.15, 0.2) is 0 Å². The molecule has 0 saturated heterocycles. The van der Waals surface area contributed by atoms with Crippen molar-refractivity contribution in [1.29, 1.82) is 0 Å². The molecule has 3 aromatic rings. The molecule has 0 heterocycles. The summed E-state index contributed by atoms with van der Waals surface area (Å²) < 4.78 is 12.8. The van der Waals surface area contributed by atoms with Crippen molar-refractivity contribution in [2.45, 2.75) is 5.54 Å². The Balaban J connectivity index is 2.29. The van der Waals surface area contributed by atoms with Gasteiger partial charge in [-0.3, -0.25) is 0 Å². The number of nitrogens with one attached hydrogen (secondary N) is 1. The Morgan fingerprint density at radius 3 is 1.18 bits per heavy atom. The molecule has 0 aliphatic heterocycles. The first-order chi connectivity index (χ1) is 10.9. The summed E-state index contributed by atoms with van der Waals surface area (Å²) in [5.74, 6) is 0. The molecular weight excluding hydrogens is 290 g/mol. The number of hydrogen-bond acceptors (Lipinski definition) is 3. The highest BCUT2D eigenvalue weighted by molar-refractivity contribution is 7.91. The van der Waals surface area contributed by atoms with E-state index in [0.717, 1.165) is 16.7 Å². The van der Waals surface area contributed by atoms with Crippen LogP contribution in [-0.2, 0) is 5.54 Å². The Bertz CT molecular complexity index is 605. The van der Waals surface area contributed by atoms with Crippen LogP contribution in [0.4, 0.5) is 0 Å². The van der Waals surface area contributed by atoms with Gasteiger partial charge in [0.25, 0.3) is 0 Å². The first-order valence-corrected chi connectivity index (χ1v) is 7.89. The molecule has 0 amide bonds. The maximum absolute atomic E-state index is 9.59. The molecule has 2 nitrogen and oxygen atoms in total. The molecule has 0 unspecified atom stereocenters. The van der Waals surface area contributed by atoms with E-state index < -0.39 is 5.54 Å². The lowest BCUT2D eigenvalue weighted by Gasteiger charge is -2.35. The summed E-state index contributed by atoms with van der Waals surface area (Å²) >= 11 is 0.643. The smallest absolute Gasteiger partial charge is 0.106 e. The van der Waals surface area contributed by atoms with Crippen LogP contribution in [0.25, 0.3) is 0 Å². The SMILES string of the molecule is OSNC(c1ccccc1)(c1ccccc1)c1ccccc1. The van der Waals surface area contributed by atoms with Gasteiger partial charge in [0.1, 0.15) is 5.54 Å². The average molecular weight is 307 g/mol. The Hall–Kier alpha value is -2.07. The summed E-state index contributed by atoms with van der Waals surface area (Å²) in [7, 11) is 0. The van der Waals surface area contributed by atoms with Gasteiger partial charge in [-0.05, 0) is 16.7 Å². The van der Waals surface area contributed by atoms with Crippen LogP contribution in [0.5, 0.6) is 0 Å². The molecule has 3 aromatic carbocycles. The zero-order valence-electron chi connectivity index (χ0n) is 12.0. The largest absolute Gasteiger partial charge is 0.317 e. The fourth-order valence-electron chi connectivity index (χ4n) is 2.81. The van der Waals surface area contributed by atoms with Gasteiger partial charge < -0.3 is 4.55 Å². The van der Waals surface area contributed by atoms with Crippen molar-refractivity contribution in [3.8, 4) is 0 Å². The number of benzene rings is 3. The fraction of sp³-hybridized carbons (Fsp3) is 0.0526. The van der Waals surface area contributed by atoms with Crippen molar-refractivity contribution in [2.75, 3.05) is 0 Å². The summed E-state index contributed by atoms with van der Waals surface area (Å²) in [6, 6.07) is 30.5. The highest BCUT2D eigenvalue weighted by atomic mass is 32.2. The van der Waals surface area contributed by atoms with Crippen molar-refractivity contribution in [2.24, 2.45) is 0 Å². The lowest BCUT2D eigenvalue weighted by Crippen LogP contribution is -2.40. The van der Waals surface area contributed by atoms with Crippen LogP contribution in [0, 0.1) is 0 Å². The quantitative estimate of drug-likeness (QED) is 0.407. The van der Waals surface area contributed by atoms with Gasteiger partial charge in [0, 0.05) is 0 Å². The molecule has 0 aliphatic rings. The standard InChI is InChI=1S/C19H17NOS/c21-22-20-19(16-10-4-1-5-11-16,17-12-6-2-7-13-17)18-14-8-3-9-15-18/h1-15,20-21H. The molecule has 2 N–H and O–H groups in total. The third-order valence-electron chi connectivity index (χ3n) is 3.82. The number of rotatable bonds is 5. The molecule has 22 heavy (non-hydrogen) atoms.